The van der Waals surface area contributed by atoms with Gasteiger partial charge in [0, 0.05) is 58.7 Å². The summed E-state index contributed by atoms with van der Waals surface area (Å²) in [6, 6.07) is 11.6. The number of nitrogens with zero attached hydrogens (tertiary/aromatic N) is 2. The first kappa shape index (κ1) is 22.4. The molecule has 4 nitrogen and oxygen atoms in total. The highest BCUT2D eigenvalue weighted by molar-refractivity contribution is 5.86. The van der Waals surface area contributed by atoms with E-state index in [4.69, 9.17) is 17.6 Å². The maximum atomic E-state index is 5.62. The zero-order valence-electron chi connectivity index (χ0n) is 18.8. The molecule has 3 rings (SSSR count). The standard InChI is InChI=1S/C28H25N3O/c1-8-22-10-14-26(15-11-22)31(6)20(4)27(24-12-13-24)18-29-21(5)30-25-16-23(9-2)19(3)28(17-25)32-7/h1-2,10-11,14-18,24,30H,5H2,3-4,6-7H3/b27-20-,29-18-. The Kier molecular flexibility index (Phi) is 6.74. The van der Waals surface area contributed by atoms with Gasteiger partial charge in [-0.15, -0.1) is 12.8 Å². The minimum atomic E-state index is 0.0199. The highest BCUT2D eigenvalue weighted by Gasteiger charge is 2.20. The van der Waals surface area contributed by atoms with Crippen LogP contribution in [0.5, 0.6) is 5.75 Å². The molecule has 0 aliphatic heterocycles. The van der Waals surface area contributed by atoms with Gasteiger partial charge in [0.2, 0.25) is 0 Å². The Morgan fingerprint density at radius 2 is 1.91 bits per heavy atom. The quantitative estimate of drug-likeness (QED) is 0.485. The molecule has 158 valence electrons. The molecule has 0 radical (unpaired) electrons. The molecule has 2 aromatic rings. The van der Waals surface area contributed by atoms with Crippen molar-refractivity contribution in [1.82, 2.24) is 0 Å². The summed E-state index contributed by atoms with van der Waals surface area (Å²) in [5, 5.41) is 3.18. The second-order valence-electron chi connectivity index (χ2n) is 7.34. The van der Waals surface area contributed by atoms with Crippen molar-refractivity contribution < 1.29 is 4.74 Å². The van der Waals surface area contributed by atoms with E-state index in [0.717, 1.165) is 39.3 Å². The summed E-state index contributed by atoms with van der Waals surface area (Å²) < 4.78 is 5.42. The molecule has 0 saturated heterocycles. The van der Waals surface area contributed by atoms with Gasteiger partial charge in [-0.3, -0.25) is 0 Å². The van der Waals surface area contributed by atoms with Crippen LogP contribution in [0.1, 0.15) is 23.6 Å². The Labute approximate surface area is 190 Å². The first-order chi connectivity index (χ1) is 15.4. The lowest BCUT2D eigenvalue weighted by molar-refractivity contribution is 0.412. The van der Waals surface area contributed by atoms with Crippen LogP contribution < -0.4 is 15.0 Å². The fourth-order valence-electron chi connectivity index (χ4n) is 3.21. The van der Waals surface area contributed by atoms with E-state index in [1.807, 2.05) is 57.3 Å². The van der Waals surface area contributed by atoms with Gasteiger partial charge in [-0.25, -0.2) is 4.99 Å². The third-order valence-electron chi connectivity index (χ3n) is 5.33. The molecule has 32 heavy (non-hydrogen) atoms. The number of benzene rings is 2. The SMILES string of the molecule is C#Cc1ccc(N(C)/C(C)=C(/C=N\C(=C)Nc2cc(C#C)c(C)c(OC)c2)C2C#C2)cc1. The third-order valence-corrected chi connectivity index (χ3v) is 5.33. The second kappa shape index (κ2) is 9.65. The summed E-state index contributed by atoms with van der Waals surface area (Å²) >= 11 is 0. The van der Waals surface area contributed by atoms with E-state index in [9.17, 15) is 0 Å². The summed E-state index contributed by atoms with van der Waals surface area (Å²) in [6.45, 7) is 7.99. The molecule has 0 saturated carbocycles. The van der Waals surface area contributed by atoms with Gasteiger partial charge in [0.1, 0.15) is 17.5 Å². The van der Waals surface area contributed by atoms with Gasteiger partial charge in [0.05, 0.1) is 7.11 Å². The number of anilines is 2. The maximum absolute atomic E-state index is 5.62. The van der Waals surface area contributed by atoms with E-state index in [-0.39, 0.29) is 5.92 Å². The van der Waals surface area contributed by atoms with Crippen LogP contribution in [0.25, 0.3) is 0 Å². The van der Waals surface area contributed by atoms with Crippen LogP contribution >= 0.6 is 0 Å². The van der Waals surface area contributed by atoms with Crippen LogP contribution in [-0.4, -0.2) is 20.4 Å². The van der Waals surface area contributed by atoms with Gasteiger partial charge >= 0.3 is 0 Å². The zero-order valence-corrected chi connectivity index (χ0v) is 18.8. The average Bonchev–Trinajstić information content (AvgIpc) is 3.64. The van der Waals surface area contributed by atoms with Gasteiger partial charge in [-0.05, 0) is 44.2 Å². The van der Waals surface area contributed by atoms with Crippen LogP contribution in [0, 0.1) is 49.4 Å². The number of rotatable bonds is 8. The smallest absolute Gasteiger partial charge is 0.125 e. The summed E-state index contributed by atoms with van der Waals surface area (Å²) in [5.41, 5.74) is 6.32. The summed E-state index contributed by atoms with van der Waals surface area (Å²) in [7, 11) is 3.62. The van der Waals surface area contributed by atoms with Crippen molar-refractivity contribution in [3.05, 3.63) is 76.8 Å². The molecular formula is C28H25N3O. The van der Waals surface area contributed by atoms with Crippen molar-refractivity contribution in [3.63, 3.8) is 0 Å². The van der Waals surface area contributed by atoms with E-state index in [1.54, 1.807) is 13.3 Å². The van der Waals surface area contributed by atoms with Crippen molar-refractivity contribution in [1.29, 1.82) is 0 Å². The van der Waals surface area contributed by atoms with E-state index < -0.39 is 0 Å². The van der Waals surface area contributed by atoms with Gasteiger partial charge in [0.15, 0.2) is 0 Å². The largest absolute Gasteiger partial charge is 0.496 e. The van der Waals surface area contributed by atoms with Crippen LogP contribution in [-0.2, 0) is 0 Å². The molecule has 0 aromatic heterocycles. The number of ether oxygens (including phenoxy) is 1. The lowest BCUT2D eigenvalue weighted by atomic mass is 10.1. The van der Waals surface area contributed by atoms with E-state index in [2.05, 4.69) is 45.5 Å². The maximum Gasteiger partial charge on any atom is 0.125 e. The van der Waals surface area contributed by atoms with E-state index in [0.29, 0.717) is 11.6 Å². The predicted molar refractivity (Wildman–Crippen MR) is 134 cm³/mol. The Balaban J connectivity index is 1.80. The molecule has 0 fully saturated rings. The molecule has 0 unspecified atom stereocenters. The van der Waals surface area contributed by atoms with Gasteiger partial charge in [-0.1, -0.05) is 30.3 Å². The van der Waals surface area contributed by atoms with E-state index in [1.165, 1.54) is 0 Å². The van der Waals surface area contributed by atoms with Gasteiger partial charge < -0.3 is 15.0 Å². The monoisotopic (exact) mass is 419 g/mol. The molecule has 0 heterocycles. The molecule has 1 N–H and O–H groups in total. The fourth-order valence-corrected chi connectivity index (χ4v) is 3.21. The number of hydrogen-bond donors (Lipinski definition) is 1. The van der Waals surface area contributed by atoms with Crippen molar-refractivity contribution >= 4 is 17.6 Å². The molecule has 0 bridgehead atoms. The number of hydrogen-bond acceptors (Lipinski definition) is 4. The summed E-state index contributed by atoms with van der Waals surface area (Å²) in [5.74, 6) is 12.7. The molecular weight excluding hydrogens is 394 g/mol. The molecule has 4 heteroatoms. The van der Waals surface area contributed by atoms with Crippen molar-refractivity contribution in [2.45, 2.75) is 13.8 Å². The van der Waals surface area contributed by atoms with Gasteiger partial charge in [0.25, 0.3) is 0 Å². The number of terminal acetylenes is 2. The molecule has 2 aromatic carbocycles. The normalized spacial score (nSPS) is 12.7. The molecule has 1 aliphatic carbocycles. The first-order valence-electron chi connectivity index (χ1n) is 10.1. The molecule has 0 amide bonds. The fraction of sp³-hybridized carbons (Fsp3) is 0.179. The molecule has 0 atom stereocenters. The highest BCUT2D eigenvalue weighted by Crippen LogP contribution is 2.28. The highest BCUT2D eigenvalue weighted by atomic mass is 16.5. The summed E-state index contributed by atoms with van der Waals surface area (Å²) in [6.07, 6.45) is 12.9. The Hall–Kier alpha value is -4.33. The van der Waals surface area contributed by atoms with Crippen LogP contribution in [0.4, 0.5) is 11.4 Å². The van der Waals surface area contributed by atoms with Crippen LogP contribution in [0.15, 0.2) is 65.1 Å². The Morgan fingerprint density at radius 3 is 2.47 bits per heavy atom. The number of allylic oxidation sites excluding steroid dienone is 2. The Bertz CT molecular complexity index is 1250. The number of nitrogens with one attached hydrogen (secondary N) is 1. The number of methoxy groups -OCH3 is 1. The minimum Gasteiger partial charge on any atom is -0.496 e. The lowest BCUT2D eigenvalue weighted by Crippen LogP contribution is -2.18. The lowest BCUT2D eigenvalue weighted by Gasteiger charge is -2.22. The predicted octanol–water partition coefficient (Wildman–Crippen LogP) is 4.96. The topological polar surface area (TPSA) is 36.9 Å². The second-order valence-corrected chi connectivity index (χ2v) is 7.34. The van der Waals surface area contributed by atoms with Crippen molar-refractivity contribution in [2.24, 2.45) is 10.9 Å². The van der Waals surface area contributed by atoms with E-state index >= 15 is 0 Å². The van der Waals surface area contributed by atoms with Crippen molar-refractivity contribution in [2.75, 3.05) is 24.4 Å². The third kappa shape index (κ3) is 5.04. The average molecular weight is 420 g/mol. The van der Waals surface area contributed by atoms with Crippen LogP contribution in [0.3, 0.4) is 0 Å². The molecule has 1 aliphatic rings. The van der Waals surface area contributed by atoms with Crippen LogP contribution in [0.2, 0.25) is 0 Å². The summed E-state index contributed by atoms with van der Waals surface area (Å²) in [4.78, 5) is 6.61. The minimum absolute atomic E-state index is 0.0199. The Morgan fingerprint density at radius 1 is 1.22 bits per heavy atom. The zero-order chi connectivity index (χ0) is 23.3. The van der Waals surface area contributed by atoms with Crippen molar-refractivity contribution in [3.8, 4) is 42.3 Å². The molecule has 0 spiro atoms. The number of aliphatic imine (C=N–C) groups is 1. The van der Waals surface area contributed by atoms with Gasteiger partial charge in [-0.2, -0.15) is 0 Å². The first-order valence-corrected chi connectivity index (χ1v) is 10.1.